The van der Waals surface area contributed by atoms with Crippen molar-refractivity contribution in [2.75, 3.05) is 5.01 Å². The van der Waals surface area contributed by atoms with Gasteiger partial charge in [-0.05, 0) is 55.3 Å². The molecule has 2 aromatic carbocycles. The third-order valence-electron chi connectivity index (χ3n) is 2.73. The molecule has 2 aromatic rings. The molecular weight excluding hydrogens is 276 g/mol. The van der Waals surface area contributed by atoms with E-state index in [4.69, 9.17) is 5.84 Å². The van der Waals surface area contributed by atoms with E-state index in [0.717, 1.165) is 15.8 Å². The Morgan fingerprint density at radius 3 is 2.29 bits per heavy atom. The fourth-order valence-corrected chi connectivity index (χ4v) is 1.98. The SMILES string of the molecule is Cc1ccc(C)c(N(N)c2ccc(Br)cc2)c1. The third-order valence-corrected chi connectivity index (χ3v) is 3.26. The van der Waals surface area contributed by atoms with E-state index in [1.807, 2.05) is 24.3 Å². The van der Waals surface area contributed by atoms with Crippen molar-refractivity contribution in [2.45, 2.75) is 13.8 Å². The summed E-state index contributed by atoms with van der Waals surface area (Å²) in [5.74, 6) is 6.15. The number of hydrazine groups is 1. The van der Waals surface area contributed by atoms with Gasteiger partial charge in [-0.15, -0.1) is 0 Å². The van der Waals surface area contributed by atoms with Crippen LogP contribution in [-0.2, 0) is 0 Å². The summed E-state index contributed by atoms with van der Waals surface area (Å²) < 4.78 is 1.05. The summed E-state index contributed by atoms with van der Waals surface area (Å²) in [5, 5.41) is 1.72. The van der Waals surface area contributed by atoms with Gasteiger partial charge in [0.05, 0.1) is 11.4 Å². The van der Waals surface area contributed by atoms with Crippen molar-refractivity contribution in [3.63, 3.8) is 0 Å². The van der Waals surface area contributed by atoms with Gasteiger partial charge in [-0.2, -0.15) is 0 Å². The largest absolute Gasteiger partial charge is 0.279 e. The van der Waals surface area contributed by atoms with Gasteiger partial charge in [0.15, 0.2) is 0 Å². The van der Waals surface area contributed by atoms with Crippen LogP contribution in [-0.4, -0.2) is 0 Å². The summed E-state index contributed by atoms with van der Waals surface area (Å²) in [6.45, 7) is 4.13. The summed E-state index contributed by atoms with van der Waals surface area (Å²) in [5.41, 5.74) is 4.38. The van der Waals surface area contributed by atoms with Crippen LogP contribution in [0.25, 0.3) is 0 Å². The first kappa shape index (κ1) is 12.1. The normalized spacial score (nSPS) is 10.4. The van der Waals surface area contributed by atoms with E-state index in [9.17, 15) is 0 Å². The van der Waals surface area contributed by atoms with Crippen LogP contribution in [0.2, 0.25) is 0 Å². The molecule has 0 saturated carbocycles. The Kier molecular flexibility index (Phi) is 3.50. The van der Waals surface area contributed by atoms with E-state index in [0.29, 0.717) is 0 Å². The predicted octanol–water partition coefficient (Wildman–Crippen LogP) is 4.08. The summed E-state index contributed by atoms with van der Waals surface area (Å²) in [7, 11) is 0. The third kappa shape index (κ3) is 2.68. The molecule has 0 radical (unpaired) electrons. The molecule has 3 heteroatoms. The highest BCUT2D eigenvalue weighted by molar-refractivity contribution is 9.10. The van der Waals surface area contributed by atoms with Crippen LogP contribution in [0.3, 0.4) is 0 Å². The van der Waals surface area contributed by atoms with E-state index in [1.54, 1.807) is 5.01 Å². The van der Waals surface area contributed by atoms with E-state index in [1.165, 1.54) is 11.1 Å². The van der Waals surface area contributed by atoms with Gasteiger partial charge in [-0.3, -0.25) is 5.01 Å². The van der Waals surface area contributed by atoms with Gasteiger partial charge in [-0.1, -0.05) is 28.1 Å². The highest BCUT2D eigenvalue weighted by atomic mass is 79.9. The van der Waals surface area contributed by atoms with Gasteiger partial charge < -0.3 is 0 Å². The van der Waals surface area contributed by atoms with Crippen LogP contribution in [0.15, 0.2) is 46.9 Å². The lowest BCUT2D eigenvalue weighted by molar-refractivity contribution is 1.07. The maximum atomic E-state index is 6.15. The molecule has 0 fully saturated rings. The molecule has 0 spiro atoms. The molecule has 2 nitrogen and oxygen atoms in total. The minimum absolute atomic E-state index is 0.974. The Bertz CT molecular complexity index is 520. The molecule has 0 aliphatic heterocycles. The standard InChI is InChI=1S/C14H15BrN2/c1-10-3-4-11(2)14(9-10)17(16)13-7-5-12(15)6-8-13/h3-9H,16H2,1-2H3. The number of nitrogens with zero attached hydrogens (tertiary/aromatic N) is 1. The molecule has 0 saturated heterocycles. The Morgan fingerprint density at radius 2 is 1.65 bits per heavy atom. The summed E-state index contributed by atoms with van der Waals surface area (Å²) in [6, 6.07) is 14.2. The second kappa shape index (κ2) is 4.90. The topological polar surface area (TPSA) is 29.3 Å². The van der Waals surface area contributed by atoms with Crippen molar-refractivity contribution in [1.82, 2.24) is 0 Å². The molecule has 0 heterocycles. The van der Waals surface area contributed by atoms with Crippen molar-refractivity contribution in [1.29, 1.82) is 0 Å². The van der Waals surface area contributed by atoms with Crippen molar-refractivity contribution in [2.24, 2.45) is 5.84 Å². The van der Waals surface area contributed by atoms with Crippen LogP contribution < -0.4 is 10.9 Å². The lowest BCUT2D eigenvalue weighted by atomic mass is 10.1. The lowest BCUT2D eigenvalue weighted by Crippen LogP contribution is -2.25. The Balaban J connectivity index is 2.39. The quantitative estimate of drug-likeness (QED) is 0.667. The van der Waals surface area contributed by atoms with Gasteiger partial charge in [0.25, 0.3) is 0 Å². The van der Waals surface area contributed by atoms with E-state index >= 15 is 0 Å². The zero-order chi connectivity index (χ0) is 12.4. The molecule has 17 heavy (non-hydrogen) atoms. The molecular formula is C14H15BrN2. The second-order valence-electron chi connectivity index (χ2n) is 4.14. The molecule has 0 amide bonds. The molecule has 0 atom stereocenters. The molecule has 0 bridgehead atoms. The predicted molar refractivity (Wildman–Crippen MR) is 76.4 cm³/mol. The minimum atomic E-state index is 0.974. The average molecular weight is 291 g/mol. The molecule has 0 aliphatic carbocycles. The number of hydrogen-bond donors (Lipinski definition) is 1. The van der Waals surface area contributed by atoms with Crippen molar-refractivity contribution < 1.29 is 0 Å². The first-order chi connectivity index (χ1) is 8.08. The molecule has 2 rings (SSSR count). The number of anilines is 2. The smallest absolute Gasteiger partial charge is 0.0607 e. The zero-order valence-electron chi connectivity index (χ0n) is 9.94. The van der Waals surface area contributed by atoms with Crippen molar-refractivity contribution in [3.8, 4) is 0 Å². The Labute approximate surface area is 110 Å². The van der Waals surface area contributed by atoms with E-state index < -0.39 is 0 Å². The van der Waals surface area contributed by atoms with Gasteiger partial charge in [0.1, 0.15) is 0 Å². The lowest BCUT2D eigenvalue weighted by Gasteiger charge is -2.21. The first-order valence-corrected chi connectivity index (χ1v) is 6.25. The van der Waals surface area contributed by atoms with Gasteiger partial charge in [0, 0.05) is 4.47 Å². The minimum Gasteiger partial charge on any atom is -0.279 e. The zero-order valence-corrected chi connectivity index (χ0v) is 11.5. The fraction of sp³-hybridized carbons (Fsp3) is 0.143. The molecule has 88 valence electrons. The number of halogens is 1. The van der Waals surface area contributed by atoms with E-state index in [2.05, 4.69) is 48.0 Å². The van der Waals surface area contributed by atoms with Gasteiger partial charge in [-0.25, -0.2) is 5.84 Å². The van der Waals surface area contributed by atoms with Crippen LogP contribution in [0.4, 0.5) is 11.4 Å². The second-order valence-corrected chi connectivity index (χ2v) is 5.05. The maximum Gasteiger partial charge on any atom is 0.0607 e. The maximum absolute atomic E-state index is 6.15. The van der Waals surface area contributed by atoms with Crippen LogP contribution in [0.1, 0.15) is 11.1 Å². The molecule has 0 aliphatic rings. The van der Waals surface area contributed by atoms with E-state index in [-0.39, 0.29) is 0 Å². The van der Waals surface area contributed by atoms with Gasteiger partial charge >= 0.3 is 0 Å². The summed E-state index contributed by atoms with van der Waals surface area (Å²) >= 11 is 3.42. The highest BCUT2D eigenvalue weighted by Crippen LogP contribution is 2.27. The van der Waals surface area contributed by atoms with Crippen molar-refractivity contribution >= 4 is 27.3 Å². The monoisotopic (exact) mass is 290 g/mol. The first-order valence-electron chi connectivity index (χ1n) is 5.45. The fourth-order valence-electron chi connectivity index (χ4n) is 1.72. The number of rotatable bonds is 2. The van der Waals surface area contributed by atoms with Crippen LogP contribution >= 0.6 is 15.9 Å². The Morgan fingerprint density at radius 1 is 1.00 bits per heavy atom. The van der Waals surface area contributed by atoms with Crippen LogP contribution in [0, 0.1) is 13.8 Å². The molecule has 0 aromatic heterocycles. The average Bonchev–Trinajstić information content (AvgIpc) is 2.32. The van der Waals surface area contributed by atoms with Crippen LogP contribution in [0.5, 0.6) is 0 Å². The highest BCUT2D eigenvalue weighted by Gasteiger charge is 2.07. The number of aryl methyl sites for hydroxylation is 2. The summed E-state index contributed by atoms with van der Waals surface area (Å²) in [4.78, 5) is 0. The Hall–Kier alpha value is -1.32. The number of nitrogens with two attached hydrogens (primary N) is 1. The van der Waals surface area contributed by atoms with Crippen molar-refractivity contribution in [3.05, 3.63) is 58.1 Å². The summed E-state index contributed by atoms with van der Waals surface area (Å²) in [6.07, 6.45) is 0. The molecule has 0 unspecified atom stereocenters. The molecule has 2 N–H and O–H groups in total. The van der Waals surface area contributed by atoms with Gasteiger partial charge in [0.2, 0.25) is 0 Å². The number of benzene rings is 2. The number of hydrogen-bond acceptors (Lipinski definition) is 2.